The number of nitrogens with zero attached hydrogens (tertiary/aromatic N) is 7. The van der Waals surface area contributed by atoms with E-state index in [0.717, 1.165) is 40.6 Å². The van der Waals surface area contributed by atoms with E-state index in [-0.39, 0.29) is 6.04 Å². The maximum atomic E-state index is 13.3. The summed E-state index contributed by atoms with van der Waals surface area (Å²) in [6.07, 6.45) is 6.49. The summed E-state index contributed by atoms with van der Waals surface area (Å²) in [7, 11) is 1.93. The number of aromatic nitrogens is 6. The van der Waals surface area contributed by atoms with Crippen LogP contribution in [-0.2, 0) is 13.5 Å². The third-order valence-electron chi connectivity index (χ3n) is 5.58. The Morgan fingerprint density at radius 3 is 2.16 bits per heavy atom. The predicted molar refractivity (Wildman–Crippen MR) is 140 cm³/mol. The molecule has 1 atom stereocenters. The van der Waals surface area contributed by atoms with Crippen molar-refractivity contribution in [1.82, 2.24) is 29.5 Å². The van der Waals surface area contributed by atoms with Crippen LogP contribution in [0, 0.1) is 5.82 Å². The molecule has 3 aromatic heterocycles. The lowest BCUT2D eigenvalue weighted by atomic mass is 10.0. The number of hydrogen-bond donors (Lipinski definition) is 1. The average molecular weight is 493 g/mol. The van der Waals surface area contributed by atoms with Crippen LogP contribution in [0.15, 0.2) is 96.6 Å². The van der Waals surface area contributed by atoms with Gasteiger partial charge < -0.3 is 9.88 Å². The van der Waals surface area contributed by atoms with Gasteiger partial charge in [0.15, 0.2) is 11.6 Å². The smallest absolute Gasteiger partial charge is 0.225 e. The zero-order valence-electron chi connectivity index (χ0n) is 20.5. The highest BCUT2D eigenvalue weighted by Gasteiger charge is 2.14. The summed E-state index contributed by atoms with van der Waals surface area (Å²) in [4.78, 5) is 27.0. The average Bonchev–Trinajstić information content (AvgIpc) is 3.32. The van der Waals surface area contributed by atoms with Gasteiger partial charge in [0.1, 0.15) is 5.82 Å². The first-order chi connectivity index (χ1) is 18.0. The van der Waals surface area contributed by atoms with E-state index >= 15 is 0 Å². The molecule has 37 heavy (non-hydrogen) atoms. The highest BCUT2D eigenvalue weighted by atomic mass is 19.1. The molecule has 0 aliphatic heterocycles. The highest BCUT2D eigenvalue weighted by molar-refractivity contribution is 6.13. The van der Waals surface area contributed by atoms with Crippen molar-refractivity contribution in [2.75, 3.05) is 5.32 Å². The Balaban J connectivity index is 1.56. The zero-order valence-corrected chi connectivity index (χ0v) is 20.5. The Hall–Kier alpha value is -4.79. The van der Waals surface area contributed by atoms with E-state index in [2.05, 4.69) is 25.3 Å². The molecule has 0 fully saturated rings. The number of hydrogen-bond acceptors (Lipinski definition) is 7. The normalized spacial score (nSPS) is 11.6. The van der Waals surface area contributed by atoms with Gasteiger partial charge in [-0.05, 0) is 6.92 Å². The minimum atomic E-state index is -0.490. The van der Waals surface area contributed by atoms with Gasteiger partial charge in [-0.2, -0.15) is 4.98 Å². The summed E-state index contributed by atoms with van der Waals surface area (Å²) >= 11 is 0. The van der Waals surface area contributed by atoms with Crippen LogP contribution >= 0.6 is 0 Å². The first-order valence-corrected chi connectivity index (χ1v) is 11.8. The molecule has 0 unspecified atom stereocenters. The molecule has 0 saturated carbocycles. The Kier molecular flexibility index (Phi) is 7.02. The Morgan fingerprint density at radius 1 is 0.919 bits per heavy atom. The van der Waals surface area contributed by atoms with Gasteiger partial charge in [-0.25, -0.2) is 29.3 Å². The van der Waals surface area contributed by atoms with Crippen molar-refractivity contribution in [3.05, 3.63) is 126 Å². The minimum absolute atomic E-state index is 0.356. The van der Waals surface area contributed by atoms with Crippen molar-refractivity contribution < 1.29 is 4.39 Å². The lowest BCUT2D eigenvalue weighted by Crippen LogP contribution is -2.13. The fraction of sp³-hybridized carbons (Fsp3) is 0.143. The number of nitrogens with one attached hydrogen (secondary N) is 1. The van der Waals surface area contributed by atoms with Gasteiger partial charge in [0.2, 0.25) is 5.95 Å². The van der Waals surface area contributed by atoms with Gasteiger partial charge in [0, 0.05) is 36.9 Å². The van der Waals surface area contributed by atoms with Crippen LogP contribution in [0.4, 0.5) is 16.2 Å². The maximum absolute atomic E-state index is 13.3. The molecule has 5 rings (SSSR count). The van der Waals surface area contributed by atoms with Crippen molar-refractivity contribution in [1.29, 1.82) is 0 Å². The van der Waals surface area contributed by atoms with Crippen LogP contribution in [0.3, 0.4) is 0 Å². The van der Waals surface area contributed by atoms with Gasteiger partial charge >= 0.3 is 0 Å². The number of aryl methyl sites for hydroxylation is 1. The summed E-state index contributed by atoms with van der Waals surface area (Å²) in [5, 5.41) is 3.24. The van der Waals surface area contributed by atoms with Crippen molar-refractivity contribution >= 4 is 17.5 Å². The molecule has 0 bridgehead atoms. The Morgan fingerprint density at radius 2 is 1.57 bits per heavy atom. The summed E-state index contributed by atoms with van der Waals surface area (Å²) in [5.74, 6) is 0.807. The van der Waals surface area contributed by atoms with Crippen LogP contribution in [0.2, 0.25) is 0 Å². The fourth-order valence-corrected chi connectivity index (χ4v) is 3.85. The second-order valence-electron chi connectivity index (χ2n) is 8.57. The number of halogens is 1. The first-order valence-electron chi connectivity index (χ1n) is 11.8. The standard InChI is InChI=1S/C28H25FN8/c1-19(27-30-15-22(29)16-31-27)33-28-34-23(13-24-17-37(2)18-32-24)14-25(36-28)35-26(20-9-5-3-6-10-20)21-11-7-4-8-12-21/h3-12,14-19H,13H2,1-2H3,(H,33,34,36)/t19-/m0/s1. The Bertz CT molecular complexity index is 1460. The monoisotopic (exact) mass is 492 g/mol. The zero-order chi connectivity index (χ0) is 25.6. The van der Waals surface area contributed by atoms with Crippen LogP contribution in [0.25, 0.3) is 0 Å². The molecule has 0 spiro atoms. The largest absolute Gasteiger partial charge is 0.344 e. The minimum Gasteiger partial charge on any atom is -0.344 e. The van der Waals surface area contributed by atoms with E-state index in [9.17, 15) is 4.39 Å². The van der Waals surface area contributed by atoms with Crippen molar-refractivity contribution in [3.63, 3.8) is 0 Å². The number of aliphatic imine (C=N–C) groups is 1. The van der Waals surface area contributed by atoms with E-state index in [1.807, 2.05) is 91.5 Å². The van der Waals surface area contributed by atoms with E-state index in [0.29, 0.717) is 24.0 Å². The van der Waals surface area contributed by atoms with Crippen LogP contribution < -0.4 is 5.32 Å². The lowest BCUT2D eigenvalue weighted by Gasteiger charge is -2.14. The number of imidazole rings is 1. The molecule has 9 heteroatoms. The molecule has 0 saturated heterocycles. The van der Waals surface area contributed by atoms with Crippen LogP contribution in [0.5, 0.6) is 0 Å². The number of anilines is 1. The third kappa shape index (κ3) is 6.07. The second-order valence-corrected chi connectivity index (χ2v) is 8.57. The summed E-state index contributed by atoms with van der Waals surface area (Å²) < 4.78 is 15.2. The van der Waals surface area contributed by atoms with Gasteiger partial charge in [0.05, 0.1) is 41.9 Å². The molecule has 3 heterocycles. The van der Waals surface area contributed by atoms with Gasteiger partial charge in [-0.1, -0.05) is 60.7 Å². The van der Waals surface area contributed by atoms with Crippen LogP contribution in [0.1, 0.15) is 41.3 Å². The molecule has 184 valence electrons. The molecule has 0 aliphatic rings. The summed E-state index contributed by atoms with van der Waals surface area (Å²) in [6.45, 7) is 1.87. The summed E-state index contributed by atoms with van der Waals surface area (Å²) in [6, 6.07) is 21.5. The first kappa shape index (κ1) is 23.9. The molecule has 5 aromatic rings. The third-order valence-corrected chi connectivity index (χ3v) is 5.58. The Labute approximate surface area is 214 Å². The molecule has 8 nitrogen and oxygen atoms in total. The second kappa shape index (κ2) is 10.9. The van der Waals surface area contributed by atoms with Crippen molar-refractivity contribution in [3.8, 4) is 0 Å². The molecule has 0 amide bonds. The summed E-state index contributed by atoms with van der Waals surface area (Å²) in [5.41, 5.74) is 4.37. The van der Waals surface area contributed by atoms with Crippen molar-refractivity contribution in [2.24, 2.45) is 12.0 Å². The highest BCUT2D eigenvalue weighted by Crippen LogP contribution is 2.22. The lowest BCUT2D eigenvalue weighted by molar-refractivity contribution is 0.604. The fourth-order valence-electron chi connectivity index (χ4n) is 3.85. The quantitative estimate of drug-likeness (QED) is 0.304. The van der Waals surface area contributed by atoms with E-state index < -0.39 is 5.82 Å². The number of rotatable bonds is 8. The topological polar surface area (TPSA) is 93.8 Å². The molecule has 1 N–H and O–H groups in total. The van der Waals surface area contributed by atoms with Gasteiger partial charge in [-0.15, -0.1) is 0 Å². The van der Waals surface area contributed by atoms with Gasteiger partial charge in [-0.3, -0.25) is 0 Å². The number of benzene rings is 2. The molecular formula is C28H25FN8. The van der Waals surface area contributed by atoms with E-state index in [1.165, 1.54) is 0 Å². The molecular weight excluding hydrogens is 467 g/mol. The van der Waals surface area contributed by atoms with Gasteiger partial charge in [0.25, 0.3) is 0 Å². The molecule has 0 radical (unpaired) electrons. The maximum Gasteiger partial charge on any atom is 0.225 e. The molecule has 0 aliphatic carbocycles. The van der Waals surface area contributed by atoms with E-state index in [1.54, 1.807) is 6.33 Å². The SMILES string of the molecule is C[C@H](Nc1nc(Cc2cn(C)cn2)cc(N=C(c2ccccc2)c2ccccc2)n1)c1ncc(F)cn1. The van der Waals surface area contributed by atoms with Crippen LogP contribution in [-0.4, -0.2) is 35.2 Å². The predicted octanol–water partition coefficient (Wildman–Crippen LogP) is 5.07. The van der Waals surface area contributed by atoms with E-state index in [4.69, 9.17) is 9.98 Å². The van der Waals surface area contributed by atoms with Crippen molar-refractivity contribution in [2.45, 2.75) is 19.4 Å². The molecule has 2 aromatic carbocycles.